The number of Topliss-reactive ketones (excluding diaryl/α,β-unsaturated/α-hetero) is 1. The van der Waals surface area contributed by atoms with Crippen LogP contribution in [0.15, 0.2) is 11.4 Å². The van der Waals surface area contributed by atoms with Gasteiger partial charge in [-0.2, -0.15) is 0 Å². The minimum Gasteiger partial charge on any atom is -0.348 e. The fourth-order valence-electron chi connectivity index (χ4n) is 0.994. The summed E-state index contributed by atoms with van der Waals surface area (Å²) >= 11 is 1.26. The topological polar surface area (TPSA) is 72.2 Å². The van der Waals surface area contributed by atoms with E-state index in [4.69, 9.17) is 5.73 Å². The first-order chi connectivity index (χ1) is 7.04. The van der Waals surface area contributed by atoms with Gasteiger partial charge in [-0.3, -0.25) is 9.59 Å². The summed E-state index contributed by atoms with van der Waals surface area (Å²) in [4.78, 5) is 23.1. The molecule has 0 aliphatic carbocycles. The summed E-state index contributed by atoms with van der Waals surface area (Å²) in [6.07, 6.45) is 0. The van der Waals surface area contributed by atoms with Crippen molar-refractivity contribution in [3.63, 3.8) is 0 Å². The molecule has 1 atom stereocenters. The molecule has 0 aliphatic rings. The maximum Gasteiger partial charge on any atom is 0.261 e. The van der Waals surface area contributed by atoms with Crippen LogP contribution in [0.5, 0.6) is 0 Å². The molecule has 1 aromatic heterocycles. The summed E-state index contributed by atoms with van der Waals surface area (Å²) in [5.41, 5.74) is 5.96. The van der Waals surface area contributed by atoms with E-state index in [1.54, 1.807) is 11.4 Å². The zero-order valence-corrected chi connectivity index (χ0v) is 9.56. The average molecular weight is 226 g/mol. The molecule has 0 aromatic carbocycles. The van der Waals surface area contributed by atoms with Crippen LogP contribution < -0.4 is 11.1 Å². The fraction of sp³-hybridized carbons (Fsp3) is 0.400. The van der Waals surface area contributed by atoms with Crippen LogP contribution in [0.1, 0.15) is 33.9 Å². The Morgan fingerprint density at radius 1 is 1.60 bits per heavy atom. The van der Waals surface area contributed by atoms with Gasteiger partial charge in [0.15, 0.2) is 5.78 Å². The maximum atomic E-state index is 11.6. The molecular formula is C10H14N2O2S. The van der Waals surface area contributed by atoms with Crippen LogP contribution in [0.25, 0.3) is 0 Å². The van der Waals surface area contributed by atoms with Crippen LogP contribution in [-0.4, -0.2) is 24.3 Å². The van der Waals surface area contributed by atoms with E-state index in [9.17, 15) is 9.59 Å². The Morgan fingerprint density at radius 2 is 2.27 bits per heavy atom. The van der Waals surface area contributed by atoms with E-state index < -0.39 is 0 Å². The van der Waals surface area contributed by atoms with Gasteiger partial charge < -0.3 is 11.1 Å². The van der Waals surface area contributed by atoms with Crippen LogP contribution >= 0.6 is 11.3 Å². The summed E-state index contributed by atoms with van der Waals surface area (Å²) in [5.74, 6) is -0.206. The number of hydrogen-bond acceptors (Lipinski definition) is 4. The van der Waals surface area contributed by atoms with E-state index in [-0.39, 0.29) is 17.7 Å². The normalized spacial score (nSPS) is 12.2. The van der Waals surface area contributed by atoms with Gasteiger partial charge in [-0.05, 0) is 19.9 Å². The molecule has 0 radical (unpaired) electrons. The molecule has 1 aromatic rings. The largest absolute Gasteiger partial charge is 0.348 e. The molecule has 0 spiro atoms. The molecule has 3 N–H and O–H groups in total. The van der Waals surface area contributed by atoms with Crippen LogP contribution in [0, 0.1) is 0 Å². The molecule has 0 unspecified atom stereocenters. The van der Waals surface area contributed by atoms with Crippen molar-refractivity contribution in [1.82, 2.24) is 5.32 Å². The van der Waals surface area contributed by atoms with Crippen molar-refractivity contribution in [1.29, 1.82) is 0 Å². The van der Waals surface area contributed by atoms with Crippen LogP contribution in [-0.2, 0) is 0 Å². The fourth-order valence-corrected chi connectivity index (χ4v) is 1.84. The Balaban J connectivity index is 2.70. The van der Waals surface area contributed by atoms with Gasteiger partial charge in [-0.15, -0.1) is 11.3 Å². The van der Waals surface area contributed by atoms with Gasteiger partial charge in [0.2, 0.25) is 0 Å². The van der Waals surface area contributed by atoms with Gasteiger partial charge in [0, 0.05) is 23.5 Å². The molecule has 0 fully saturated rings. The Labute approximate surface area is 92.5 Å². The maximum absolute atomic E-state index is 11.6. The number of carbonyl (C=O) groups is 2. The van der Waals surface area contributed by atoms with Crippen LogP contribution in [0.2, 0.25) is 0 Å². The third-order valence-electron chi connectivity index (χ3n) is 1.96. The van der Waals surface area contributed by atoms with Crippen molar-refractivity contribution in [3.05, 3.63) is 21.9 Å². The first-order valence-electron chi connectivity index (χ1n) is 4.65. The number of rotatable bonds is 4. The predicted octanol–water partition coefficient (Wildman–Crippen LogP) is 1.03. The first kappa shape index (κ1) is 11.9. The highest BCUT2D eigenvalue weighted by Crippen LogP contribution is 2.15. The van der Waals surface area contributed by atoms with Gasteiger partial charge in [0.25, 0.3) is 5.91 Å². The lowest BCUT2D eigenvalue weighted by Crippen LogP contribution is -2.37. The number of nitrogens with two attached hydrogens (primary N) is 1. The second kappa shape index (κ2) is 5.04. The highest BCUT2D eigenvalue weighted by atomic mass is 32.1. The van der Waals surface area contributed by atoms with Crippen LogP contribution in [0.3, 0.4) is 0 Å². The number of carbonyl (C=O) groups excluding carboxylic acids is 2. The summed E-state index contributed by atoms with van der Waals surface area (Å²) in [5, 5.41) is 4.42. The first-order valence-corrected chi connectivity index (χ1v) is 5.53. The van der Waals surface area contributed by atoms with E-state index >= 15 is 0 Å². The summed E-state index contributed by atoms with van der Waals surface area (Å²) in [6, 6.07) is 1.55. The molecule has 0 saturated heterocycles. The van der Waals surface area contributed by atoms with Crippen molar-refractivity contribution in [3.8, 4) is 0 Å². The molecule has 1 heterocycles. The van der Waals surface area contributed by atoms with Gasteiger partial charge in [0.1, 0.15) is 0 Å². The van der Waals surface area contributed by atoms with E-state index in [2.05, 4.69) is 5.32 Å². The summed E-state index contributed by atoms with van der Waals surface area (Å²) in [7, 11) is 0. The smallest absolute Gasteiger partial charge is 0.261 e. The Hall–Kier alpha value is -1.20. The number of ketones is 1. The minimum atomic E-state index is -0.176. The molecule has 5 heteroatoms. The Kier molecular flexibility index (Phi) is 3.99. The molecule has 1 rings (SSSR count). The molecule has 1 amide bonds. The zero-order valence-electron chi connectivity index (χ0n) is 8.74. The highest BCUT2D eigenvalue weighted by molar-refractivity contribution is 7.12. The predicted molar refractivity (Wildman–Crippen MR) is 60.3 cm³/mol. The summed E-state index contributed by atoms with van der Waals surface area (Å²) in [6.45, 7) is 3.71. The highest BCUT2D eigenvalue weighted by Gasteiger charge is 2.12. The lowest BCUT2D eigenvalue weighted by Gasteiger charge is -2.09. The van der Waals surface area contributed by atoms with Crippen molar-refractivity contribution < 1.29 is 9.59 Å². The van der Waals surface area contributed by atoms with Gasteiger partial charge in [-0.25, -0.2) is 0 Å². The van der Waals surface area contributed by atoms with Gasteiger partial charge >= 0.3 is 0 Å². The Bertz CT molecular complexity index is 373. The molecule has 4 nitrogen and oxygen atoms in total. The second-order valence-electron chi connectivity index (χ2n) is 3.37. The lowest BCUT2D eigenvalue weighted by atomic mass is 10.2. The third-order valence-corrected chi connectivity index (χ3v) is 2.89. The number of amides is 1. The SMILES string of the molecule is CC(=O)c1csc(C(=O)N[C@@H](C)CN)c1. The molecule has 15 heavy (non-hydrogen) atoms. The van der Waals surface area contributed by atoms with Crippen molar-refractivity contribution in [2.75, 3.05) is 6.54 Å². The van der Waals surface area contributed by atoms with E-state index in [1.165, 1.54) is 18.3 Å². The molecule has 82 valence electrons. The molecule has 0 saturated carbocycles. The van der Waals surface area contributed by atoms with E-state index in [0.29, 0.717) is 17.0 Å². The minimum absolute atomic E-state index is 0.0304. The van der Waals surface area contributed by atoms with Crippen molar-refractivity contribution in [2.24, 2.45) is 5.73 Å². The van der Waals surface area contributed by atoms with Crippen LogP contribution in [0.4, 0.5) is 0 Å². The third kappa shape index (κ3) is 3.14. The van der Waals surface area contributed by atoms with Crippen molar-refractivity contribution in [2.45, 2.75) is 19.9 Å². The quantitative estimate of drug-likeness (QED) is 0.753. The number of nitrogens with one attached hydrogen (secondary N) is 1. The number of thiophene rings is 1. The lowest BCUT2D eigenvalue weighted by molar-refractivity contribution is 0.0945. The molecular weight excluding hydrogens is 212 g/mol. The second-order valence-corrected chi connectivity index (χ2v) is 4.28. The molecule has 0 aliphatic heterocycles. The van der Waals surface area contributed by atoms with E-state index in [1.807, 2.05) is 6.92 Å². The Morgan fingerprint density at radius 3 is 2.73 bits per heavy atom. The zero-order chi connectivity index (χ0) is 11.4. The average Bonchev–Trinajstić information content (AvgIpc) is 2.66. The molecule has 0 bridgehead atoms. The van der Waals surface area contributed by atoms with Gasteiger partial charge in [0.05, 0.1) is 4.88 Å². The monoisotopic (exact) mass is 226 g/mol. The summed E-state index contributed by atoms with van der Waals surface area (Å²) < 4.78 is 0. The van der Waals surface area contributed by atoms with Crippen molar-refractivity contribution >= 4 is 23.0 Å². The van der Waals surface area contributed by atoms with E-state index in [0.717, 1.165) is 0 Å². The standard InChI is InChI=1S/C10H14N2O2S/c1-6(4-11)12-10(14)9-3-8(5-15-9)7(2)13/h3,5-6H,4,11H2,1-2H3,(H,12,14)/t6-/m0/s1. The number of hydrogen-bond donors (Lipinski definition) is 2. The van der Waals surface area contributed by atoms with Gasteiger partial charge in [-0.1, -0.05) is 0 Å².